The number of ether oxygens (including phenoxy) is 2. The van der Waals surface area contributed by atoms with Gasteiger partial charge in [-0.15, -0.1) is 0 Å². The van der Waals surface area contributed by atoms with Crippen LogP contribution in [-0.2, 0) is 24.8 Å². The van der Waals surface area contributed by atoms with Crippen LogP contribution in [0.3, 0.4) is 0 Å². The third-order valence-electron chi connectivity index (χ3n) is 6.14. The molecule has 1 saturated heterocycles. The molecule has 1 fully saturated rings. The third kappa shape index (κ3) is 6.11. The molecule has 3 aromatic rings. The maximum absolute atomic E-state index is 13.5. The highest BCUT2D eigenvalue weighted by Crippen LogP contribution is 2.26. The summed E-state index contributed by atoms with van der Waals surface area (Å²) in [6.45, 7) is -0.751. The van der Waals surface area contributed by atoms with Crippen molar-refractivity contribution >= 4 is 32.2 Å². The molecule has 3 aromatic carbocycles. The number of hydrogen-bond donors (Lipinski definition) is 1. The normalized spacial score (nSPS) is 17.1. The number of carbonyl (C=O) groups excluding carboxylic acids is 1. The molecule has 1 atom stereocenters. The van der Waals surface area contributed by atoms with Crippen LogP contribution in [0, 0.1) is 0 Å². The van der Waals surface area contributed by atoms with Gasteiger partial charge in [-0.25, -0.2) is 22.3 Å². The minimum Gasteiger partial charge on any atom is -0.497 e. The van der Waals surface area contributed by atoms with Gasteiger partial charge in [-0.2, -0.15) is 13.7 Å². The van der Waals surface area contributed by atoms with Crippen molar-refractivity contribution in [3.63, 3.8) is 0 Å². The Morgan fingerprint density at radius 2 is 1.49 bits per heavy atom. The van der Waals surface area contributed by atoms with Crippen LogP contribution in [0.4, 0.5) is 0 Å². The Hall–Kier alpha value is -3.78. The van der Waals surface area contributed by atoms with E-state index in [4.69, 9.17) is 9.47 Å². The lowest BCUT2D eigenvalue weighted by molar-refractivity contribution is -0.125. The zero-order valence-corrected chi connectivity index (χ0v) is 22.9. The molecule has 0 aromatic heterocycles. The van der Waals surface area contributed by atoms with Crippen LogP contribution in [0.25, 0.3) is 0 Å². The Bertz CT molecular complexity index is 1550. The molecule has 11 nitrogen and oxygen atoms in total. The SMILES string of the molecule is COc1ccc(OC)c(/C=N\NC(=O)[C@H]2CN(S(=O)(=O)c3ccccc3)CCN2S(=O)(=O)c2ccccc2)c1. The second kappa shape index (κ2) is 11.9. The molecule has 206 valence electrons. The van der Waals surface area contributed by atoms with Crippen molar-refractivity contribution in [2.45, 2.75) is 15.8 Å². The summed E-state index contributed by atoms with van der Waals surface area (Å²) < 4.78 is 66.2. The second-order valence-corrected chi connectivity index (χ2v) is 12.3. The summed E-state index contributed by atoms with van der Waals surface area (Å²) in [6.07, 6.45) is 1.33. The number of rotatable bonds is 9. The van der Waals surface area contributed by atoms with Crippen molar-refractivity contribution in [2.24, 2.45) is 5.10 Å². The predicted molar refractivity (Wildman–Crippen MR) is 145 cm³/mol. The van der Waals surface area contributed by atoms with E-state index < -0.39 is 38.5 Å². The Morgan fingerprint density at radius 1 is 0.872 bits per heavy atom. The number of piperazine rings is 1. The highest BCUT2D eigenvalue weighted by atomic mass is 32.2. The van der Waals surface area contributed by atoms with Crippen LogP contribution in [0.1, 0.15) is 5.56 Å². The van der Waals surface area contributed by atoms with Gasteiger partial charge in [0.05, 0.1) is 30.2 Å². The van der Waals surface area contributed by atoms with Gasteiger partial charge >= 0.3 is 0 Å². The fraction of sp³-hybridized carbons (Fsp3) is 0.231. The van der Waals surface area contributed by atoms with Crippen LogP contribution in [0.2, 0.25) is 0 Å². The third-order valence-corrected chi connectivity index (χ3v) is 9.94. The lowest BCUT2D eigenvalue weighted by Gasteiger charge is -2.38. The number of sulfonamides is 2. The molecule has 0 spiro atoms. The van der Waals surface area contributed by atoms with E-state index in [2.05, 4.69) is 10.5 Å². The van der Waals surface area contributed by atoms with Crippen LogP contribution >= 0.6 is 0 Å². The summed E-state index contributed by atoms with van der Waals surface area (Å²) in [5.41, 5.74) is 2.86. The molecule has 1 amide bonds. The molecule has 0 unspecified atom stereocenters. The van der Waals surface area contributed by atoms with Gasteiger partial charge in [-0.1, -0.05) is 36.4 Å². The van der Waals surface area contributed by atoms with E-state index in [1.165, 1.54) is 44.7 Å². The standard InChI is InChI=1S/C26H28N4O7S2/c1-36-21-13-14-25(37-2)20(17-21)18-27-28-26(31)24-19-29(38(32,33)22-9-5-3-6-10-22)15-16-30(24)39(34,35)23-11-7-4-8-12-23/h3-14,17-18,24H,15-16,19H2,1-2H3,(H,28,31)/b27-18-/t24-/m1/s1. The van der Waals surface area contributed by atoms with Gasteiger partial charge in [0.15, 0.2) is 0 Å². The predicted octanol–water partition coefficient (Wildman–Crippen LogP) is 1.92. The van der Waals surface area contributed by atoms with Crippen molar-refractivity contribution < 1.29 is 31.1 Å². The summed E-state index contributed by atoms with van der Waals surface area (Å²) in [6, 6.07) is 19.1. The van der Waals surface area contributed by atoms with Crippen LogP contribution in [-0.4, -0.2) is 77.5 Å². The molecule has 1 aliphatic rings. The number of nitrogens with one attached hydrogen (secondary N) is 1. The summed E-state index contributed by atoms with van der Waals surface area (Å²) in [5, 5.41) is 3.99. The van der Waals surface area contributed by atoms with Gasteiger partial charge in [0.1, 0.15) is 17.5 Å². The highest BCUT2D eigenvalue weighted by Gasteiger charge is 2.43. The zero-order chi connectivity index (χ0) is 28.0. The first-order chi connectivity index (χ1) is 18.7. The number of hydrogen-bond acceptors (Lipinski definition) is 8. The first-order valence-corrected chi connectivity index (χ1v) is 14.7. The van der Waals surface area contributed by atoms with Gasteiger partial charge < -0.3 is 9.47 Å². The number of methoxy groups -OCH3 is 2. The van der Waals surface area contributed by atoms with Crippen molar-refractivity contribution in [1.82, 2.24) is 14.0 Å². The molecule has 0 radical (unpaired) electrons. The molecule has 0 aliphatic carbocycles. The van der Waals surface area contributed by atoms with E-state index in [9.17, 15) is 21.6 Å². The lowest BCUT2D eigenvalue weighted by Crippen LogP contribution is -2.60. The monoisotopic (exact) mass is 572 g/mol. The first kappa shape index (κ1) is 28.2. The molecule has 39 heavy (non-hydrogen) atoms. The van der Waals surface area contributed by atoms with Crippen LogP contribution in [0.15, 0.2) is 93.8 Å². The van der Waals surface area contributed by atoms with Gasteiger partial charge in [0, 0.05) is 25.2 Å². The zero-order valence-electron chi connectivity index (χ0n) is 21.3. The maximum atomic E-state index is 13.5. The molecule has 1 aliphatic heterocycles. The van der Waals surface area contributed by atoms with Gasteiger partial charge in [0.2, 0.25) is 20.0 Å². The highest BCUT2D eigenvalue weighted by molar-refractivity contribution is 7.89. The van der Waals surface area contributed by atoms with Gasteiger partial charge in [0.25, 0.3) is 5.91 Å². The maximum Gasteiger partial charge on any atom is 0.259 e. The van der Waals surface area contributed by atoms with E-state index in [0.717, 1.165) is 8.61 Å². The number of benzene rings is 3. The fourth-order valence-corrected chi connectivity index (χ4v) is 7.16. The Kier molecular flexibility index (Phi) is 8.65. The number of nitrogens with zero attached hydrogens (tertiary/aromatic N) is 3. The number of hydrazone groups is 1. The number of carbonyl (C=O) groups is 1. The first-order valence-electron chi connectivity index (χ1n) is 11.9. The topological polar surface area (TPSA) is 135 Å². The second-order valence-electron chi connectivity index (χ2n) is 8.46. The molecule has 0 bridgehead atoms. The average molecular weight is 573 g/mol. The van der Waals surface area contributed by atoms with Crippen molar-refractivity contribution in [2.75, 3.05) is 33.9 Å². The van der Waals surface area contributed by atoms with Gasteiger partial charge in [-0.05, 0) is 42.5 Å². The number of amides is 1. The lowest BCUT2D eigenvalue weighted by atomic mass is 10.2. The van der Waals surface area contributed by atoms with Crippen molar-refractivity contribution in [1.29, 1.82) is 0 Å². The molecule has 1 heterocycles. The van der Waals surface area contributed by atoms with Crippen molar-refractivity contribution in [3.05, 3.63) is 84.4 Å². The average Bonchev–Trinajstić information content (AvgIpc) is 2.97. The molecule has 1 N–H and O–H groups in total. The van der Waals surface area contributed by atoms with E-state index in [1.54, 1.807) is 54.6 Å². The summed E-state index contributed by atoms with van der Waals surface area (Å²) >= 11 is 0. The molecular formula is C26H28N4O7S2. The van der Waals surface area contributed by atoms with E-state index >= 15 is 0 Å². The fourth-order valence-electron chi connectivity index (χ4n) is 4.11. The summed E-state index contributed by atoms with van der Waals surface area (Å²) in [5.74, 6) is 0.221. The minimum absolute atomic E-state index is 0.00761. The van der Waals surface area contributed by atoms with Crippen molar-refractivity contribution in [3.8, 4) is 11.5 Å². The Balaban J connectivity index is 1.63. The van der Waals surface area contributed by atoms with Crippen LogP contribution < -0.4 is 14.9 Å². The Morgan fingerprint density at radius 3 is 2.08 bits per heavy atom. The summed E-state index contributed by atoms with van der Waals surface area (Å²) in [4.78, 5) is 13.4. The molecule has 13 heteroatoms. The van der Waals surface area contributed by atoms with E-state index in [1.807, 2.05) is 0 Å². The minimum atomic E-state index is -4.12. The molecular weight excluding hydrogens is 544 g/mol. The quantitative estimate of drug-likeness (QED) is 0.306. The summed E-state index contributed by atoms with van der Waals surface area (Å²) in [7, 11) is -5.12. The largest absolute Gasteiger partial charge is 0.497 e. The molecule has 0 saturated carbocycles. The Labute approximate surface area is 227 Å². The van der Waals surface area contributed by atoms with E-state index in [-0.39, 0.29) is 22.9 Å². The van der Waals surface area contributed by atoms with Gasteiger partial charge in [-0.3, -0.25) is 4.79 Å². The smallest absolute Gasteiger partial charge is 0.259 e. The molecule has 4 rings (SSSR count). The van der Waals surface area contributed by atoms with E-state index in [0.29, 0.717) is 17.1 Å². The van der Waals surface area contributed by atoms with Crippen LogP contribution in [0.5, 0.6) is 11.5 Å².